The average Bonchev–Trinajstić information content (AvgIpc) is 3.34. The molecule has 1 atom stereocenters. The first kappa shape index (κ1) is 19.1. The molecule has 0 bridgehead atoms. The Bertz CT molecular complexity index is 912. The van der Waals surface area contributed by atoms with Gasteiger partial charge in [0.05, 0.1) is 12.5 Å². The topological polar surface area (TPSA) is 68.3 Å². The Balaban J connectivity index is 1.32. The summed E-state index contributed by atoms with van der Waals surface area (Å²) in [6, 6.07) is 13.2. The van der Waals surface area contributed by atoms with Crippen LogP contribution in [0.1, 0.15) is 12.0 Å². The molecular weight excluding hydrogens is 372 g/mol. The molecule has 2 amide bonds. The maximum Gasteiger partial charge on any atom is 0.231 e. The van der Waals surface area contributed by atoms with E-state index in [1.807, 2.05) is 37.3 Å². The van der Waals surface area contributed by atoms with Crippen molar-refractivity contribution in [3.05, 3.63) is 48.0 Å². The van der Waals surface area contributed by atoms with Crippen LogP contribution < -0.4 is 19.1 Å². The summed E-state index contributed by atoms with van der Waals surface area (Å²) in [5, 5.41) is 0. The highest BCUT2D eigenvalue weighted by molar-refractivity contribution is 6.00. The monoisotopic (exact) mass is 396 g/mol. The zero-order valence-corrected chi connectivity index (χ0v) is 16.6. The maximum atomic E-state index is 12.8. The van der Waals surface area contributed by atoms with E-state index in [0.717, 1.165) is 11.4 Å². The number of rotatable bonds is 6. The quantitative estimate of drug-likeness (QED) is 0.751. The Hall–Kier alpha value is -3.22. The van der Waals surface area contributed by atoms with Crippen LogP contribution in [-0.2, 0) is 9.59 Å². The molecule has 0 N–H and O–H groups in total. The third-order valence-corrected chi connectivity index (χ3v) is 5.23. The van der Waals surface area contributed by atoms with E-state index in [0.29, 0.717) is 31.2 Å². The second kappa shape index (κ2) is 8.03. The summed E-state index contributed by atoms with van der Waals surface area (Å²) < 4.78 is 16.4. The van der Waals surface area contributed by atoms with E-state index in [-0.39, 0.29) is 30.9 Å². The number of ether oxygens (including phenoxy) is 3. The van der Waals surface area contributed by atoms with E-state index in [9.17, 15) is 9.59 Å². The Morgan fingerprint density at radius 1 is 1.17 bits per heavy atom. The van der Waals surface area contributed by atoms with Crippen molar-refractivity contribution in [2.24, 2.45) is 5.92 Å². The van der Waals surface area contributed by atoms with Crippen LogP contribution in [0.2, 0.25) is 0 Å². The zero-order valence-electron chi connectivity index (χ0n) is 16.6. The summed E-state index contributed by atoms with van der Waals surface area (Å²) in [7, 11) is 1.74. The number of aryl methyl sites for hydroxylation is 1. The highest BCUT2D eigenvalue weighted by Crippen LogP contribution is 2.37. The molecule has 2 aliphatic rings. The number of anilines is 1. The predicted octanol–water partition coefficient (Wildman–Crippen LogP) is 2.61. The molecule has 1 saturated heterocycles. The summed E-state index contributed by atoms with van der Waals surface area (Å²) >= 11 is 0. The van der Waals surface area contributed by atoms with Crippen LogP contribution in [0, 0.1) is 12.8 Å². The number of fused-ring (bicyclic) bond motifs is 1. The molecular formula is C22H24N2O5. The van der Waals surface area contributed by atoms with E-state index >= 15 is 0 Å². The summed E-state index contributed by atoms with van der Waals surface area (Å²) in [5.74, 6) is 1.59. The van der Waals surface area contributed by atoms with Crippen molar-refractivity contribution < 1.29 is 23.8 Å². The van der Waals surface area contributed by atoms with E-state index in [4.69, 9.17) is 14.2 Å². The molecule has 7 nitrogen and oxygen atoms in total. The Morgan fingerprint density at radius 3 is 2.72 bits per heavy atom. The molecule has 2 heterocycles. The van der Waals surface area contributed by atoms with Crippen LogP contribution in [-0.4, -0.2) is 50.3 Å². The molecule has 2 aromatic carbocycles. The minimum absolute atomic E-state index is 0.0471. The van der Waals surface area contributed by atoms with Gasteiger partial charge in [0.15, 0.2) is 11.5 Å². The number of hydrogen-bond acceptors (Lipinski definition) is 5. The number of benzene rings is 2. The summed E-state index contributed by atoms with van der Waals surface area (Å²) in [6.45, 7) is 3.43. The summed E-state index contributed by atoms with van der Waals surface area (Å²) in [4.78, 5) is 28.6. The smallest absolute Gasteiger partial charge is 0.231 e. The van der Waals surface area contributed by atoms with Crippen molar-refractivity contribution in [2.45, 2.75) is 13.3 Å². The fraction of sp³-hybridized carbons (Fsp3) is 0.364. The number of carbonyl (C=O) groups excluding carboxylic acids is 2. The van der Waals surface area contributed by atoms with Gasteiger partial charge in [-0.05, 0) is 31.2 Å². The van der Waals surface area contributed by atoms with Crippen molar-refractivity contribution in [2.75, 3.05) is 38.4 Å². The molecule has 1 fully saturated rings. The SMILES string of the molecule is Cc1ccc(OCCN(C)C(=O)C2CC(=O)N(c3ccc4c(c3)OCO4)C2)cc1. The molecule has 152 valence electrons. The van der Waals surface area contributed by atoms with Crippen molar-refractivity contribution in [1.82, 2.24) is 4.90 Å². The average molecular weight is 396 g/mol. The largest absolute Gasteiger partial charge is 0.492 e. The van der Waals surface area contributed by atoms with E-state index in [2.05, 4.69) is 0 Å². The van der Waals surface area contributed by atoms with Crippen LogP contribution in [0.4, 0.5) is 5.69 Å². The molecule has 4 rings (SSSR count). The number of likely N-dealkylation sites (N-methyl/N-ethyl adjacent to an activating group) is 1. The van der Waals surface area contributed by atoms with Gasteiger partial charge in [0.1, 0.15) is 12.4 Å². The normalized spacial score (nSPS) is 17.5. The first-order valence-electron chi connectivity index (χ1n) is 9.66. The molecule has 0 aliphatic carbocycles. The number of hydrogen-bond donors (Lipinski definition) is 0. The highest BCUT2D eigenvalue weighted by Gasteiger charge is 2.36. The van der Waals surface area contributed by atoms with Crippen molar-refractivity contribution >= 4 is 17.5 Å². The molecule has 0 aromatic heterocycles. The molecule has 29 heavy (non-hydrogen) atoms. The fourth-order valence-corrected chi connectivity index (χ4v) is 3.53. The van der Waals surface area contributed by atoms with Gasteiger partial charge in [0.2, 0.25) is 18.6 Å². The van der Waals surface area contributed by atoms with E-state index in [1.165, 1.54) is 5.56 Å². The van der Waals surface area contributed by atoms with Gasteiger partial charge in [-0.1, -0.05) is 17.7 Å². The minimum Gasteiger partial charge on any atom is -0.492 e. The van der Waals surface area contributed by atoms with E-state index < -0.39 is 0 Å². The first-order valence-corrected chi connectivity index (χ1v) is 9.66. The van der Waals surface area contributed by atoms with Gasteiger partial charge in [-0.15, -0.1) is 0 Å². The molecule has 2 aliphatic heterocycles. The lowest BCUT2D eigenvalue weighted by Crippen LogP contribution is -2.37. The molecule has 0 radical (unpaired) electrons. The van der Waals surface area contributed by atoms with Gasteiger partial charge in [0.25, 0.3) is 0 Å². The second-order valence-corrected chi connectivity index (χ2v) is 7.36. The Labute approximate surface area is 169 Å². The van der Waals surface area contributed by atoms with Gasteiger partial charge in [0, 0.05) is 31.8 Å². The Kier molecular flexibility index (Phi) is 5.29. The van der Waals surface area contributed by atoms with Gasteiger partial charge in [-0.3, -0.25) is 9.59 Å². The van der Waals surface area contributed by atoms with Crippen LogP contribution in [0.15, 0.2) is 42.5 Å². The van der Waals surface area contributed by atoms with Gasteiger partial charge in [-0.2, -0.15) is 0 Å². The minimum atomic E-state index is -0.364. The highest BCUT2D eigenvalue weighted by atomic mass is 16.7. The maximum absolute atomic E-state index is 12.8. The van der Waals surface area contributed by atoms with Crippen molar-refractivity contribution in [3.8, 4) is 17.2 Å². The fourth-order valence-electron chi connectivity index (χ4n) is 3.53. The van der Waals surface area contributed by atoms with Gasteiger partial charge >= 0.3 is 0 Å². The summed E-state index contributed by atoms with van der Waals surface area (Å²) in [6.07, 6.45) is 0.205. The lowest BCUT2D eigenvalue weighted by Gasteiger charge is -2.21. The number of carbonyl (C=O) groups is 2. The third kappa shape index (κ3) is 4.13. The molecule has 7 heteroatoms. The zero-order chi connectivity index (χ0) is 20.4. The van der Waals surface area contributed by atoms with Crippen LogP contribution in [0.25, 0.3) is 0 Å². The number of amides is 2. The van der Waals surface area contributed by atoms with Crippen LogP contribution in [0.3, 0.4) is 0 Å². The van der Waals surface area contributed by atoms with Crippen molar-refractivity contribution in [3.63, 3.8) is 0 Å². The summed E-state index contributed by atoms with van der Waals surface area (Å²) in [5.41, 5.74) is 1.89. The van der Waals surface area contributed by atoms with Crippen molar-refractivity contribution in [1.29, 1.82) is 0 Å². The standard InChI is InChI=1S/C22H24N2O5/c1-15-3-6-18(7-4-15)27-10-9-23(2)22(26)16-11-21(25)24(13-16)17-5-8-19-20(12-17)29-14-28-19/h3-8,12,16H,9-11,13-14H2,1-2H3. The first-order chi connectivity index (χ1) is 14.0. The van der Waals surface area contributed by atoms with Gasteiger partial charge in [-0.25, -0.2) is 0 Å². The lowest BCUT2D eigenvalue weighted by molar-refractivity contribution is -0.134. The molecule has 0 spiro atoms. The van der Waals surface area contributed by atoms with Crippen LogP contribution in [0.5, 0.6) is 17.2 Å². The second-order valence-electron chi connectivity index (χ2n) is 7.36. The third-order valence-electron chi connectivity index (χ3n) is 5.23. The van der Waals surface area contributed by atoms with E-state index in [1.54, 1.807) is 29.0 Å². The Morgan fingerprint density at radius 2 is 1.93 bits per heavy atom. The molecule has 1 unspecified atom stereocenters. The molecule has 0 saturated carbocycles. The predicted molar refractivity (Wildman–Crippen MR) is 107 cm³/mol. The number of nitrogens with zero attached hydrogens (tertiary/aromatic N) is 2. The van der Waals surface area contributed by atoms with Gasteiger partial charge < -0.3 is 24.0 Å². The molecule has 2 aromatic rings. The lowest BCUT2D eigenvalue weighted by atomic mass is 10.1. The van der Waals surface area contributed by atoms with Crippen LogP contribution >= 0.6 is 0 Å².